The SMILES string of the molecule is C=Cc1c(N(C)c2cccc(-c3ccccc3)c2)ccc2c3ccccc3n(-c3cccc(-c4nc(-c5cccc(-c6ccccc6)c5)nc(-c5cccc(C6C=CC=CC6C)c5)n4)c3)c12. The van der Waals surface area contributed by atoms with Crippen LogP contribution in [-0.4, -0.2) is 26.6 Å². The van der Waals surface area contributed by atoms with Crippen LogP contribution in [-0.2, 0) is 0 Å². The monoisotopic (exact) mass is 849 g/mol. The molecule has 0 spiro atoms. The molecule has 2 heterocycles. The zero-order valence-corrected chi connectivity index (χ0v) is 37.0. The molecule has 10 aromatic rings. The number of fused-ring (bicyclic) bond motifs is 3. The van der Waals surface area contributed by atoms with Gasteiger partial charge in [-0.1, -0.05) is 189 Å². The topological polar surface area (TPSA) is 46.8 Å². The Balaban J connectivity index is 1.06. The second-order valence-electron chi connectivity index (χ2n) is 17.0. The Morgan fingerprint density at radius 3 is 1.76 bits per heavy atom. The van der Waals surface area contributed by atoms with E-state index >= 15 is 0 Å². The number of nitrogens with zero attached hydrogens (tertiary/aromatic N) is 5. The molecule has 2 atom stereocenters. The van der Waals surface area contributed by atoms with Gasteiger partial charge in [-0.3, -0.25) is 0 Å². The molecule has 5 nitrogen and oxygen atoms in total. The molecule has 2 unspecified atom stereocenters. The van der Waals surface area contributed by atoms with Crippen molar-refractivity contribution in [3.63, 3.8) is 0 Å². The molecule has 0 saturated carbocycles. The third-order valence-electron chi connectivity index (χ3n) is 12.9. The number of benzene rings is 8. The molecule has 0 aliphatic heterocycles. The van der Waals surface area contributed by atoms with Gasteiger partial charge in [0.15, 0.2) is 17.5 Å². The van der Waals surface area contributed by atoms with Gasteiger partial charge in [-0.25, -0.2) is 15.0 Å². The predicted octanol–water partition coefficient (Wildman–Crippen LogP) is 15.6. The van der Waals surface area contributed by atoms with Crippen LogP contribution < -0.4 is 4.90 Å². The van der Waals surface area contributed by atoms with Crippen molar-refractivity contribution in [2.24, 2.45) is 5.92 Å². The highest BCUT2D eigenvalue weighted by molar-refractivity contribution is 6.13. The minimum absolute atomic E-state index is 0.265. The first kappa shape index (κ1) is 40.4. The molecule has 1 aliphatic carbocycles. The van der Waals surface area contributed by atoms with Crippen LogP contribution in [0, 0.1) is 5.92 Å². The molecular formula is C61H47N5. The van der Waals surface area contributed by atoms with E-state index in [-0.39, 0.29) is 5.92 Å². The summed E-state index contributed by atoms with van der Waals surface area (Å²) in [6.07, 6.45) is 10.8. The summed E-state index contributed by atoms with van der Waals surface area (Å²) in [5.41, 5.74) is 15.0. The number of aromatic nitrogens is 4. The highest BCUT2D eigenvalue weighted by atomic mass is 15.1. The summed E-state index contributed by atoms with van der Waals surface area (Å²) in [4.78, 5) is 18.0. The first-order chi connectivity index (χ1) is 32.5. The normalized spacial score (nSPS) is 14.5. The number of para-hydroxylation sites is 1. The van der Waals surface area contributed by atoms with Crippen molar-refractivity contribution in [2.75, 3.05) is 11.9 Å². The molecule has 0 bridgehead atoms. The number of allylic oxidation sites excluding steroid dienone is 4. The summed E-state index contributed by atoms with van der Waals surface area (Å²) >= 11 is 0. The van der Waals surface area contributed by atoms with Crippen LogP contribution in [0.1, 0.15) is 24.0 Å². The fourth-order valence-electron chi connectivity index (χ4n) is 9.53. The predicted molar refractivity (Wildman–Crippen MR) is 276 cm³/mol. The van der Waals surface area contributed by atoms with Crippen molar-refractivity contribution >= 4 is 39.3 Å². The average Bonchev–Trinajstić information content (AvgIpc) is 3.73. The fraction of sp³-hybridized carbons (Fsp3) is 0.0656. The minimum atomic E-state index is 0.265. The molecule has 0 amide bonds. The zero-order chi connectivity index (χ0) is 44.6. The zero-order valence-electron chi connectivity index (χ0n) is 37.0. The van der Waals surface area contributed by atoms with E-state index in [1.54, 1.807) is 0 Å². The van der Waals surface area contributed by atoms with Crippen LogP contribution in [0.5, 0.6) is 0 Å². The lowest BCUT2D eigenvalue weighted by Gasteiger charge is -2.24. The summed E-state index contributed by atoms with van der Waals surface area (Å²) < 4.78 is 2.37. The Morgan fingerprint density at radius 1 is 0.500 bits per heavy atom. The van der Waals surface area contributed by atoms with E-state index in [4.69, 9.17) is 15.0 Å². The van der Waals surface area contributed by atoms with Gasteiger partial charge in [0.25, 0.3) is 0 Å². The highest BCUT2D eigenvalue weighted by Gasteiger charge is 2.22. The number of hydrogen-bond donors (Lipinski definition) is 0. The van der Waals surface area contributed by atoms with Crippen molar-refractivity contribution in [1.29, 1.82) is 0 Å². The van der Waals surface area contributed by atoms with Gasteiger partial charge in [0.1, 0.15) is 0 Å². The van der Waals surface area contributed by atoms with Crippen LogP contribution in [0.15, 0.2) is 225 Å². The van der Waals surface area contributed by atoms with Crippen LogP contribution in [0.3, 0.4) is 0 Å². The molecule has 66 heavy (non-hydrogen) atoms. The van der Waals surface area contributed by atoms with Gasteiger partial charge >= 0.3 is 0 Å². The third-order valence-corrected chi connectivity index (χ3v) is 12.9. The van der Waals surface area contributed by atoms with E-state index in [1.165, 1.54) is 22.1 Å². The maximum atomic E-state index is 5.28. The summed E-state index contributed by atoms with van der Waals surface area (Å²) in [5, 5.41) is 2.32. The number of anilines is 2. The molecule has 1 aliphatic rings. The maximum absolute atomic E-state index is 5.28. The molecule has 5 heteroatoms. The Labute approximate surface area is 386 Å². The quantitative estimate of drug-likeness (QED) is 0.138. The maximum Gasteiger partial charge on any atom is 0.164 e. The molecule has 0 radical (unpaired) electrons. The summed E-state index contributed by atoms with van der Waals surface area (Å²) in [5.74, 6) is 2.49. The first-order valence-corrected chi connectivity index (χ1v) is 22.6. The highest BCUT2D eigenvalue weighted by Crippen LogP contribution is 2.41. The standard InChI is InChI=1S/C61H47N5/c1-4-52-56(65(3)50-30-17-25-45(39-50)43-22-9-6-10-23-43)36-35-55-54-33-13-14-34-57(54)66(58(52)55)51-31-18-29-49(40-51)61-63-59(47-27-15-24-44(37-47)42-20-7-5-8-21-42)62-60(64-61)48-28-16-26-46(38-48)53-32-12-11-19-41(53)2/h4-41,53H,1H2,2-3H3. The van der Waals surface area contributed by atoms with Gasteiger partial charge in [0.05, 0.1) is 16.7 Å². The van der Waals surface area contributed by atoms with E-state index in [0.717, 1.165) is 66.9 Å². The largest absolute Gasteiger partial charge is 0.344 e. The number of hydrogen-bond acceptors (Lipinski definition) is 4. The Bertz CT molecular complexity index is 3490. The lowest BCUT2D eigenvalue weighted by molar-refractivity contribution is 0.635. The lowest BCUT2D eigenvalue weighted by Crippen LogP contribution is -2.11. The van der Waals surface area contributed by atoms with E-state index < -0.39 is 0 Å². The van der Waals surface area contributed by atoms with Crippen LogP contribution in [0.2, 0.25) is 0 Å². The van der Waals surface area contributed by atoms with Crippen LogP contribution in [0.4, 0.5) is 11.4 Å². The fourth-order valence-corrected chi connectivity index (χ4v) is 9.53. The molecule has 316 valence electrons. The second kappa shape index (κ2) is 17.3. The molecule has 0 saturated heterocycles. The molecule has 0 fully saturated rings. The van der Waals surface area contributed by atoms with Gasteiger partial charge in [-0.2, -0.15) is 0 Å². The van der Waals surface area contributed by atoms with Crippen molar-refractivity contribution in [3.8, 4) is 62.1 Å². The van der Waals surface area contributed by atoms with Gasteiger partial charge < -0.3 is 9.47 Å². The summed E-state index contributed by atoms with van der Waals surface area (Å²) in [7, 11) is 2.14. The van der Waals surface area contributed by atoms with Crippen molar-refractivity contribution in [2.45, 2.75) is 12.8 Å². The smallest absolute Gasteiger partial charge is 0.164 e. The Kier molecular flexibility index (Phi) is 10.6. The molecular weight excluding hydrogens is 803 g/mol. The minimum Gasteiger partial charge on any atom is -0.344 e. The molecule has 0 N–H and O–H groups in total. The van der Waals surface area contributed by atoms with E-state index in [0.29, 0.717) is 23.4 Å². The second-order valence-corrected chi connectivity index (χ2v) is 17.0. The lowest BCUT2D eigenvalue weighted by atomic mass is 9.84. The van der Waals surface area contributed by atoms with Gasteiger partial charge in [0, 0.05) is 57.4 Å². The van der Waals surface area contributed by atoms with Crippen LogP contribution in [0.25, 0.3) is 90.0 Å². The van der Waals surface area contributed by atoms with Crippen LogP contribution >= 0.6 is 0 Å². The van der Waals surface area contributed by atoms with Gasteiger partial charge in [0.2, 0.25) is 0 Å². The summed E-state index contributed by atoms with van der Waals surface area (Å²) in [6.45, 7) is 6.69. The van der Waals surface area contributed by atoms with Crippen molar-refractivity contribution in [3.05, 3.63) is 236 Å². The molecule has 8 aromatic carbocycles. The third kappa shape index (κ3) is 7.50. The number of rotatable bonds is 10. The Hall–Kier alpha value is -8.41. The van der Waals surface area contributed by atoms with Gasteiger partial charge in [-0.15, -0.1) is 0 Å². The first-order valence-electron chi connectivity index (χ1n) is 22.6. The van der Waals surface area contributed by atoms with E-state index in [9.17, 15) is 0 Å². The molecule has 11 rings (SSSR count). The van der Waals surface area contributed by atoms with Gasteiger partial charge in [-0.05, 0) is 82.3 Å². The Morgan fingerprint density at radius 2 is 1.06 bits per heavy atom. The molecule has 2 aromatic heterocycles. The van der Waals surface area contributed by atoms with Crippen molar-refractivity contribution < 1.29 is 0 Å². The average molecular weight is 850 g/mol. The van der Waals surface area contributed by atoms with E-state index in [1.807, 2.05) is 12.1 Å². The summed E-state index contributed by atoms with van der Waals surface area (Å²) in [6, 6.07) is 68.5. The van der Waals surface area contributed by atoms with Crippen molar-refractivity contribution in [1.82, 2.24) is 19.5 Å². The van der Waals surface area contributed by atoms with E-state index in [2.05, 4.69) is 242 Å².